The number of hydrogen-bond donors (Lipinski definition) is 2. The van der Waals surface area contributed by atoms with Crippen LogP contribution in [0.3, 0.4) is 0 Å². The third kappa shape index (κ3) is 3.79. The van der Waals surface area contributed by atoms with Crippen molar-refractivity contribution in [2.24, 2.45) is 11.3 Å². The summed E-state index contributed by atoms with van der Waals surface area (Å²) in [6.45, 7) is 7.94. The second-order valence-electron chi connectivity index (χ2n) is 10.5. The van der Waals surface area contributed by atoms with Gasteiger partial charge in [0, 0.05) is 28.9 Å². The third-order valence-electron chi connectivity index (χ3n) is 8.59. The van der Waals surface area contributed by atoms with Crippen LogP contribution in [-0.4, -0.2) is 42.0 Å². The standard InChI is InChI=1S/C28H32ClNO4/c1-3-25(31)27(2)12-10-20(27)15-30-16-28(11-4-5-18-13-21(29)7-8-22(18)28)17-34-24-9-6-19(26(32)33)14-23(24)30/h3,6-9,13-14,20,25,31H,1,4-5,10-12,15-17H2,2H3,(H,32,33)/t20-,25-,27+,28?/m0/s1. The maximum Gasteiger partial charge on any atom is 0.335 e. The predicted molar refractivity (Wildman–Crippen MR) is 134 cm³/mol. The van der Waals surface area contributed by atoms with E-state index in [1.165, 1.54) is 11.1 Å². The van der Waals surface area contributed by atoms with E-state index in [0.717, 1.165) is 55.9 Å². The molecule has 5 rings (SSSR count). The first-order valence-electron chi connectivity index (χ1n) is 12.1. The molecule has 3 aliphatic rings. The number of nitrogens with zero attached hydrogens (tertiary/aromatic N) is 1. The summed E-state index contributed by atoms with van der Waals surface area (Å²) in [6.07, 6.45) is 6.09. The van der Waals surface area contributed by atoms with Crippen LogP contribution in [0.25, 0.3) is 0 Å². The van der Waals surface area contributed by atoms with Gasteiger partial charge < -0.3 is 19.8 Å². The van der Waals surface area contributed by atoms with E-state index >= 15 is 0 Å². The lowest BCUT2D eigenvalue weighted by Gasteiger charge is -2.52. The Hall–Kier alpha value is -2.50. The van der Waals surface area contributed by atoms with Gasteiger partial charge in [0.15, 0.2) is 0 Å². The van der Waals surface area contributed by atoms with Crippen LogP contribution in [0.4, 0.5) is 5.69 Å². The first kappa shape index (κ1) is 23.3. The average molecular weight is 482 g/mol. The number of ether oxygens (including phenoxy) is 1. The first-order valence-corrected chi connectivity index (χ1v) is 12.5. The van der Waals surface area contributed by atoms with E-state index in [2.05, 4.69) is 30.5 Å². The van der Waals surface area contributed by atoms with Crippen molar-refractivity contribution >= 4 is 23.3 Å². The zero-order chi connectivity index (χ0) is 24.1. The van der Waals surface area contributed by atoms with Gasteiger partial charge in [-0.15, -0.1) is 6.58 Å². The van der Waals surface area contributed by atoms with Crippen LogP contribution in [0.2, 0.25) is 5.02 Å². The number of benzene rings is 2. The number of carbonyl (C=O) groups is 1. The molecule has 1 unspecified atom stereocenters. The summed E-state index contributed by atoms with van der Waals surface area (Å²) in [4.78, 5) is 14.1. The Morgan fingerprint density at radius 3 is 2.85 bits per heavy atom. The summed E-state index contributed by atoms with van der Waals surface area (Å²) < 4.78 is 6.41. The Morgan fingerprint density at radius 1 is 1.32 bits per heavy atom. The molecule has 2 aromatic rings. The van der Waals surface area contributed by atoms with E-state index in [0.29, 0.717) is 12.4 Å². The summed E-state index contributed by atoms with van der Waals surface area (Å²) in [7, 11) is 0. The van der Waals surface area contributed by atoms with Crippen molar-refractivity contribution in [2.75, 3.05) is 24.6 Å². The fourth-order valence-electron chi connectivity index (χ4n) is 6.28. The number of fused-ring (bicyclic) bond motifs is 3. The maximum atomic E-state index is 11.8. The lowest BCUT2D eigenvalue weighted by molar-refractivity contribution is -0.0466. The SMILES string of the molecule is C=C[C@H](O)[C@]1(C)CC[C@H]1CN1CC2(CCCc3cc(Cl)ccc32)COc2ccc(C(=O)O)cc21. The molecule has 2 aliphatic carbocycles. The lowest BCUT2D eigenvalue weighted by atomic mass is 9.58. The number of carboxylic acid groups (broad SMARTS) is 1. The number of aryl methyl sites for hydroxylation is 1. The van der Waals surface area contributed by atoms with Crippen molar-refractivity contribution in [2.45, 2.75) is 50.5 Å². The summed E-state index contributed by atoms with van der Waals surface area (Å²) in [6, 6.07) is 11.3. The van der Waals surface area contributed by atoms with Crippen molar-refractivity contribution in [1.82, 2.24) is 0 Å². The number of carboxylic acids is 1. The highest BCUT2D eigenvalue weighted by Crippen LogP contribution is 2.51. The second kappa shape index (κ2) is 8.62. The van der Waals surface area contributed by atoms with Gasteiger partial charge >= 0.3 is 5.97 Å². The molecule has 1 heterocycles. The minimum absolute atomic E-state index is 0.211. The highest BCUT2D eigenvalue weighted by molar-refractivity contribution is 6.30. The largest absolute Gasteiger partial charge is 0.490 e. The van der Waals surface area contributed by atoms with E-state index in [1.54, 1.807) is 24.3 Å². The monoisotopic (exact) mass is 481 g/mol. The van der Waals surface area contributed by atoms with Gasteiger partial charge in [-0.1, -0.05) is 30.7 Å². The Morgan fingerprint density at radius 2 is 2.15 bits per heavy atom. The number of aromatic carboxylic acids is 1. The topological polar surface area (TPSA) is 70.0 Å². The first-order chi connectivity index (χ1) is 16.3. The highest BCUT2D eigenvalue weighted by Gasteiger charge is 2.49. The maximum absolute atomic E-state index is 11.8. The molecule has 0 bridgehead atoms. The minimum Gasteiger partial charge on any atom is -0.490 e. The molecule has 0 radical (unpaired) electrons. The molecule has 1 fully saturated rings. The van der Waals surface area contributed by atoms with Crippen LogP contribution in [0.15, 0.2) is 49.1 Å². The van der Waals surface area contributed by atoms with E-state index in [4.69, 9.17) is 16.3 Å². The van der Waals surface area contributed by atoms with Gasteiger partial charge in [-0.2, -0.15) is 0 Å². The number of hydrogen-bond acceptors (Lipinski definition) is 4. The fraction of sp³-hybridized carbons (Fsp3) is 0.464. The quantitative estimate of drug-likeness (QED) is 0.554. The Kier molecular flexibility index (Phi) is 5.89. The summed E-state index contributed by atoms with van der Waals surface area (Å²) in [5, 5.41) is 21.1. The molecule has 2 aromatic carbocycles. The van der Waals surface area contributed by atoms with Crippen LogP contribution in [0.1, 0.15) is 54.1 Å². The van der Waals surface area contributed by atoms with E-state index in [9.17, 15) is 15.0 Å². The van der Waals surface area contributed by atoms with Gasteiger partial charge in [0.1, 0.15) is 5.75 Å². The van der Waals surface area contributed by atoms with Crippen LogP contribution in [0.5, 0.6) is 5.75 Å². The fourth-order valence-corrected chi connectivity index (χ4v) is 6.47. The molecular formula is C28H32ClNO4. The smallest absolute Gasteiger partial charge is 0.335 e. The van der Waals surface area contributed by atoms with Crippen molar-refractivity contribution in [3.8, 4) is 5.75 Å². The molecule has 1 aliphatic heterocycles. The highest BCUT2D eigenvalue weighted by atomic mass is 35.5. The number of anilines is 1. The number of halogens is 1. The van der Waals surface area contributed by atoms with Crippen molar-refractivity contribution in [3.63, 3.8) is 0 Å². The normalized spacial score (nSPS) is 28.7. The molecule has 2 N–H and O–H groups in total. The number of aliphatic hydroxyl groups is 1. The molecular weight excluding hydrogens is 450 g/mol. The lowest BCUT2D eigenvalue weighted by Crippen LogP contribution is -2.53. The van der Waals surface area contributed by atoms with Crippen LogP contribution >= 0.6 is 11.6 Å². The summed E-state index contributed by atoms with van der Waals surface area (Å²) in [5.41, 5.74) is 3.18. The molecule has 4 atom stereocenters. The third-order valence-corrected chi connectivity index (χ3v) is 8.82. The van der Waals surface area contributed by atoms with E-state index in [1.807, 2.05) is 6.07 Å². The molecule has 6 heteroatoms. The van der Waals surface area contributed by atoms with Gasteiger partial charge in [-0.05, 0) is 79.5 Å². The predicted octanol–water partition coefficient (Wildman–Crippen LogP) is 5.47. The van der Waals surface area contributed by atoms with Crippen LogP contribution < -0.4 is 9.64 Å². The Bertz CT molecular complexity index is 1130. The molecule has 1 saturated carbocycles. The van der Waals surface area contributed by atoms with Gasteiger partial charge in [-0.3, -0.25) is 0 Å². The van der Waals surface area contributed by atoms with E-state index < -0.39 is 12.1 Å². The Balaban J connectivity index is 1.56. The molecule has 0 saturated heterocycles. The molecule has 34 heavy (non-hydrogen) atoms. The van der Waals surface area contributed by atoms with Gasteiger partial charge in [0.25, 0.3) is 0 Å². The molecule has 5 nitrogen and oxygen atoms in total. The zero-order valence-electron chi connectivity index (χ0n) is 19.6. The van der Waals surface area contributed by atoms with Gasteiger partial charge in [-0.25, -0.2) is 4.79 Å². The second-order valence-corrected chi connectivity index (χ2v) is 11.0. The van der Waals surface area contributed by atoms with Gasteiger partial charge in [0.05, 0.1) is 24.0 Å². The number of aliphatic hydroxyl groups excluding tert-OH is 1. The molecule has 0 amide bonds. The van der Waals surface area contributed by atoms with Crippen LogP contribution in [0, 0.1) is 11.3 Å². The summed E-state index contributed by atoms with van der Waals surface area (Å²) >= 11 is 6.33. The van der Waals surface area contributed by atoms with Crippen molar-refractivity contribution in [1.29, 1.82) is 0 Å². The minimum atomic E-state index is -0.949. The van der Waals surface area contributed by atoms with Gasteiger partial charge in [0.2, 0.25) is 0 Å². The average Bonchev–Trinajstić information content (AvgIpc) is 2.97. The van der Waals surface area contributed by atoms with E-state index in [-0.39, 0.29) is 22.3 Å². The van der Waals surface area contributed by atoms with Crippen LogP contribution in [-0.2, 0) is 11.8 Å². The molecule has 0 aromatic heterocycles. The molecule has 180 valence electrons. The Labute approximate surface area is 206 Å². The van der Waals surface area contributed by atoms with Crippen molar-refractivity contribution in [3.05, 3.63) is 70.8 Å². The molecule has 1 spiro atoms. The van der Waals surface area contributed by atoms with Crippen molar-refractivity contribution < 1.29 is 19.7 Å². The number of rotatable bonds is 5. The summed E-state index contributed by atoms with van der Waals surface area (Å²) in [5.74, 6) is 0.0356. The zero-order valence-corrected chi connectivity index (χ0v) is 20.4.